The minimum atomic E-state index is -0.370. The number of carbonyl (C=O) groups excluding carboxylic acids is 1. The minimum absolute atomic E-state index is 0.0401. The summed E-state index contributed by atoms with van der Waals surface area (Å²) in [5.74, 6) is 0.0401. The van der Waals surface area contributed by atoms with E-state index in [2.05, 4.69) is 13.8 Å². The Kier molecular flexibility index (Phi) is 4.81. The van der Waals surface area contributed by atoms with E-state index in [9.17, 15) is 9.59 Å². The van der Waals surface area contributed by atoms with Gasteiger partial charge in [0.15, 0.2) is 0 Å². The largest absolute Gasteiger partial charge is 0.422 e. The van der Waals surface area contributed by atoms with Crippen molar-refractivity contribution in [3.05, 3.63) is 45.1 Å². The molecule has 1 fully saturated rings. The van der Waals surface area contributed by atoms with E-state index in [-0.39, 0.29) is 17.6 Å². The summed E-state index contributed by atoms with van der Waals surface area (Å²) in [5, 5.41) is 1.41. The van der Waals surface area contributed by atoms with Crippen LogP contribution in [0.5, 0.6) is 0 Å². The summed E-state index contributed by atoms with van der Waals surface area (Å²) in [6, 6.07) is 7.95. The molecule has 0 N–H and O–H groups in total. The van der Waals surface area contributed by atoms with Crippen molar-refractivity contribution in [3.63, 3.8) is 0 Å². The maximum atomic E-state index is 13.4. The number of hydrogen-bond donors (Lipinski definition) is 0. The second-order valence-electron chi connectivity index (χ2n) is 7.84. The molecule has 0 bridgehead atoms. The molecule has 2 heterocycles. The number of fused-ring (bicyclic) bond motifs is 3. The Labute approximate surface area is 162 Å². The highest BCUT2D eigenvalue weighted by molar-refractivity contribution is 7.21. The summed E-state index contributed by atoms with van der Waals surface area (Å²) in [4.78, 5) is 28.5. The van der Waals surface area contributed by atoms with Gasteiger partial charge in [0.1, 0.15) is 5.58 Å². The van der Waals surface area contributed by atoms with Gasteiger partial charge >= 0.3 is 5.63 Å². The normalized spacial score (nSPS) is 15.7. The van der Waals surface area contributed by atoms with E-state index in [0.29, 0.717) is 21.9 Å². The van der Waals surface area contributed by atoms with Crippen molar-refractivity contribution in [1.29, 1.82) is 0 Å². The van der Waals surface area contributed by atoms with E-state index in [1.54, 1.807) is 6.07 Å². The van der Waals surface area contributed by atoms with Crippen LogP contribution in [0.2, 0.25) is 0 Å². The third-order valence-electron chi connectivity index (χ3n) is 5.50. The van der Waals surface area contributed by atoms with Crippen molar-refractivity contribution in [2.24, 2.45) is 0 Å². The average molecular weight is 384 g/mol. The highest BCUT2D eigenvalue weighted by Crippen LogP contribution is 2.33. The molecule has 2 aromatic heterocycles. The second kappa shape index (κ2) is 7.12. The van der Waals surface area contributed by atoms with Crippen molar-refractivity contribution in [2.45, 2.75) is 65.0 Å². The van der Waals surface area contributed by atoms with Gasteiger partial charge in [-0.3, -0.25) is 4.79 Å². The summed E-state index contributed by atoms with van der Waals surface area (Å²) in [5.41, 5.74) is 1.31. The first-order valence-electron chi connectivity index (χ1n) is 9.75. The van der Waals surface area contributed by atoms with E-state index in [0.717, 1.165) is 28.5 Å². The zero-order valence-electron chi connectivity index (χ0n) is 16.1. The Morgan fingerprint density at radius 3 is 2.59 bits per heavy atom. The zero-order valence-corrected chi connectivity index (χ0v) is 16.9. The lowest BCUT2D eigenvalue weighted by Gasteiger charge is -2.37. The van der Waals surface area contributed by atoms with Crippen LogP contribution in [0.25, 0.3) is 21.1 Å². The number of thiophene rings is 1. The first-order valence-corrected chi connectivity index (χ1v) is 10.6. The van der Waals surface area contributed by atoms with E-state index in [4.69, 9.17) is 4.42 Å². The molecule has 3 aromatic rings. The molecule has 4 rings (SSSR count). The first kappa shape index (κ1) is 18.2. The fraction of sp³-hybridized carbons (Fsp3) is 0.455. The lowest BCUT2D eigenvalue weighted by atomic mass is 9.93. The van der Waals surface area contributed by atoms with Gasteiger partial charge in [0, 0.05) is 17.5 Å². The van der Waals surface area contributed by atoms with Gasteiger partial charge in [-0.2, -0.15) is 0 Å². The van der Waals surface area contributed by atoms with Crippen molar-refractivity contribution in [1.82, 2.24) is 4.90 Å². The molecule has 1 aliphatic rings. The molecule has 0 aliphatic heterocycles. The standard InChI is InChI=1S/C22H25NO3S/c1-13(2)23(15-7-5-4-6-8-15)21(24)19-12-17-20(27-19)16-11-14(3)9-10-18(16)26-22(17)25/h9-13,15H,4-8H2,1-3H3. The number of benzene rings is 1. The zero-order chi connectivity index (χ0) is 19.1. The van der Waals surface area contributed by atoms with Gasteiger partial charge in [0.25, 0.3) is 5.91 Å². The summed E-state index contributed by atoms with van der Waals surface area (Å²) in [6.07, 6.45) is 5.76. The molecule has 5 heteroatoms. The maximum absolute atomic E-state index is 13.4. The van der Waals surface area contributed by atoms with Gasteiger partial charge in [-0.25, -0.2) is 4.79 Å². The molecular formula is C22H25NO3S. The average Bonchev–Trinajstić information content (AvgIpc) is 3.10. The summed E-state index contributed by atoms with van der Waals surface area (Å²) in [7, 11) is 0. The molecule has 4 nitrogen and oxygen atoms in total. The third-order valence-corrected chi connectivity index (χ3v) is 6.66. The molecule has 1 amide bonds. The van der Waals surface area contributed by atoms with Crippen LogP contribution < -0.4 is 5.63 Å². The molecule has 0 radical (unpaired) electrons. The Bertz CT molecular complexity index is 1060. The number of carbonyl (C=O) groups is 1. The van der Waals surface area contributed by atoms with Crippen LogP contribution >= 0.6 is 11.3 Å². The third kappa shape index (κ3) is 3.29. The molecule has 1 saturated carbocycles. The van der Waals surface area contributed by atoms with Gasteiger partial charge in [0.05, 0.1) is 15.0 Å². The van der Waals surface area contributed by atoms with Crippen LogP contribution in [-0.2, 0) is 0 Å². The lowest BCUT2D eigenvalue weighted by Crippen LogP contribution is -2.45. The molecular weight excluding hydrogens is 358 g/mol. The molecule has 0 saturated heterocycles. The van der Waals surface area contributed by atoms with Gasteiger partial charge < -0.3 is 9.32 Å². The smallest absolute Gasteiger partial charge is 0.345 e. The molecule has 0 atom stereocenters. The van der Waals surface area contributed by atoms with Crippen molar-refractivity contribution in [3.8, 4) is 0 Å². The first-order chi connectivity index (χ1) is 13.0. The maximum Gasteiger partial charge on any atom is 0.345 e. The molecule has 1 aromatic carbocycles. The molecule has 0 spiro atoms. The quantitative estimate of drug-likeness (QED) is 0.561. The van der Waals surface area contributed by atoms with Crippen LogP contribution in [0.4, 0.5) is 0 Å². The van der Waals surface area contributed by atoms with Crippen molar-refractivity contribution >= 4 is 38.3 Å². The fourth-order valence-corrected chi connectivity index (χ4v) is 5.33. The summed E-state index contributed by atoms with van der Waals surface area (Å²) in [6.45, 7) is 6.17. The van der Waals surface area contributed by atoms with Crippen LogP contribution in [0.15, 0.2) is 33.5 Å². The van der Waals surface area contributed by atoms with Gasteiger partial charge in [0.2, 0.25) is 0 Å². The Hall–Kier alpha value is -2.14. The van der Waals surface area contributed by atoms with E-state index in [1.807, 2.05) is 30.0 Å². The fourth-order valence-electron chi connectivity index (χ4n) is 4.22. The van der Waals surface area contributed by atoms with Crippen LogP contribution in [0.1, 0.15) is 61.2 Å². The molecule has 27 heavy (non-hydrogen) atoms. The van der Waals surface area contributed by atoms with E-state index in [1.165, 1.54) is 30.6 Å². The highest BCUT2D eigenvalue weighted by Gasteiger charge is 2.29. The minimum Gasteiger partial charge on any atom is -0.422 e. The monoisotopic (exact) mass is 383 g/mol. The van der Waals surface area contributed by atoms with E-state index >= 15 is 0 Å². The van der Waals surface area contributed by atoms with Crippen LogP contribution in [-0.4, -0.2) is 22.9 Å². The molecule has 142 valence electrons. The summed E-state index contributed by atoms with van der Waals surface area (Å²) >= 11 is 1.42. The van der Waals surface area contributed by atoms with Gasteiger partial charge in [-0.1, -0.05) is 30.9 Å². The van der Waals surface area contributed by atoms with Crippen molar-refractivity contribution in [2.75, 3.05) is 0 Å². The van der Waals surface area contributed by atoms with Crippen molar-refractivity contribution < 1.29 is 9.21 Å². The number of rotatable bonds is 3. The summed E-state index contributed by atoms with van der Waals surface area (Å²) < 4.78 is 6.32. The molecule has 1 aliphatic carbocycles. The lowest BCUT2D eigenvalue weighted by molar-refractivity contribution is 0.0560. The topological polar surface area (TPSA) is 50.5 Å². The number of aryl methyl sites for hydroxylation is 1. The Morgan fingerprint density at radius 2 is 1.89 bits per heavy atom. The Morgan fingerprint density at radius 1 is 1.15 bits per heavy atom. The van der Waals surface area contributed by atoms with Gasteiger partial charge in [-0.05, 0) is 51.8 Å². The van der Waals surface area contributed by atoms with Crippen LogP contribution in [0.3, 0.4) is 0 Å². The predicted octanol–water partition coefficient (Wildman–Crippen LogP) is 5.50. The SMILES string of the molecule is Cc1ccc2oc(=O)c3cc(C(=O)N(C(C)C)C4CCCCC4)sc3c2c1. The second-order valence-corrected chi connectivity index (χ2v) is 8.89. The highest BCUT2D eigenvalue weighted by atomic mass is 32.1. The number of hydrogen-bond acceptors (Lipinski definition) is 4. The van der Waals surface area contributed by atoms with E-state index < -0.39 is 0 Å². The number of nitrogens with zero attached hydrogens (tertiary/aromatic N) is 1. The molecule has 0 unspecified atom stereocenters. The Balaban J connectivity index is 1.81. The van der Waals surface area contributed by atoms with Crippen LogP contribution in [0, 0.1) is 6.92 Å². The number of amides is 1. The van der Waals surface area contributed by atoms with Gasteiger partial charge in [-0.15, -0.1) is 11.3 Å². The predicted molar refractivity (Wildman–Crippen MR) is 111 cm³/mol.